The highest BCUT2D eigenvalue weighted by atomic mass is 15.4. The van der Waals surface area contributed by atoms with Crippen molar-refractivity contribution in [2.24, 2.45) is 0 Å². The smallest absolute Gasteiger partial charge is 0.109 e. The molecule has 0 fully saturated rings. The molecule has 0 radical (unpaired) electrons. The van der Waals surface area contributed by atoms with Crippen LogP contribution in [-0.2, 0) is 0 Å². The number of nitrogens with zero attached hydrogens (tertiary/aromatic N) is 1. The maximum absolute atomic E-state index is 3.55. The van der Waals surface area contributed by atoms with Crippen LogP contribution >= 0.6 is 0 Å². The minimum absolute atomic E-state index is 0.0922. The number of nitrogens with one attached hydrogen (secondary N) is 1. The predicted octanol–water partition coefficient (Wildman–Crippen LogP) is 3.99. The molecule has 0 aliphatic carbocycles. The second kappa shape index (κ2) is 3.52. The largest absolute Gasteiger partial charge is 0.361 e. The van der Waals surface area contributed by atoms with E-state index < -0.39 is 0 Å². The van der Waals surface area contributed by atoms with Gasteiger partial charge in [-0.3, -0.25) is 0 Å². The number of rotatable bonds is 1. The summed E-state index contributed by atoms with van der Waals surface area (Å²) in [5, 5.41) is 3.55. The molecule has 0 aromatic heterocycles. The first-order valence-corrected chi connectivity index (χ1v) is 5.91. The first-order chi connectivity index (χ1) is 8.18. The fraction of sp³-hybridized carbons (Fsp3) is 0.200. The summed E-state index contributed by atoms with van der Waals surface area (Å²) in [6.07, 6.45) is 0. The van der Waals surface area contributed by atoms with E-state index in [2.05, 4.69) is 72.6 Å². The second-order valence-electron chi connectivity index (χ2n) is 4.87. The Morgan fingerprint density at radius 3 is 2.29 bits per heavy atom. The summed E-state index contributed by atoms with van der Waals surface area (Å²) in [5.41, 5.74) is 3.56. The van der Waals surface area contributed by atoms with Crippen LogP contribution in [0.5, 0.6) is 0 Å². The molecule has 1 heterocycles. The Morgan fingerprint density at radius 2 is 1.53 bits per heavy atom. The highest BCUT2D eigenvalue weighted by Gasteiger charge is 2.35. The van der Waals surface area contributed by atoms with Crippen LogP contribution in [0.3, 0.4) is 0 Å². The zero-order valence-electron chi connectivity index (χ0n) is 10.1. The molecule has 0 spiro atoms. The van der Waals surface area contributed by atoms with Gasteiger partial charge >= 0.3 is 0 Å². The van der Waals surface area contributed by atoms with E-state index in [-0.39, 0.29) is 5.66 Å². The van der Waals surface area contributed by atoms with Crippen LogP contribution in [0.1, 0.15) is 13.8 Å². The van der Waals surface area contributed by atoms with Crippen molar-refractivity contribution in [1.82, 2.24) is 0 Å². The van der Waals surface area contributed by atoms with E-state index in [9.17, 15) is 0 Å². The Morgan fingerprint density at radius 1 is 0.882 bits per heavy atom. The molecule has 2 aromatic rings. The Labute approximate surface area is 102 Å². The van der Waals surface area contributed by atoms with Crippen LogP contribution in [0, 0.1) is 0 Å². The van der Waals surface area contributed by atoms with Gasteiger partial charge in [-0.2, -0.15) is 0 Å². The molecule has 86 valence electrons. The molecular formula is C15H16N2. The van der Waals surface area contributed by atoms with Gasteiger partial charge in [0.05, 0.1) is 11.4 Å². The molecule has 0 bridgehead atoms. The Kier molecular flexibility index (Phi) is 2.11. The van der Waals surface area contributed by atoms with E-state index >= 15 is 0 Å². The number of benzene rings is 2. The minimum Gasteiger partial charge on any atom is -0.361 e. The van der Waals surface area contributed by atoms with Crippen LogP contribution in [0.4, 0.5) is 17.1 Å². The molecule has 17 heavy (non-hydrogen) atoms. The molecule has 1 aliphatic heterocycles. The maximum atomic E-state index is 3.55. The average molecular weight is 224 g/mol. The molecule has 1 N–H and O–H groups in total. The lowest BCUT2D eigenvalue weighted by Gasteiger charge is -2.33. The Hall–Kier alpha value is -1.96. The van der Waals surface area contributed by atoms with Gasteiger partial charge in [-0.15, -0.1) is 0 Å². The van der Waals surface area contributed by atoms with E-state index in [1.54, 1.807) is 0 Å². The third-order valence-electron chi connectivity index (χ3n) is 3.16. The van der Waals surface area contributed by atoms with E-state index in [0.717, 1.165) is 0 Å². The molecule has 2 heteroatoms. The summed E-state index contributed by atoms with van der Waals surface area (Å²) >= 11 is 0. The summed E-state index contributed by atoms with van der Waals surface area (Å²) in [6, 6.07) is 18.9. The topological polar surface area (TPSA) is 15.3 Å². The predicted molar refractivity (Wildman–Crippen MR) is 72.7 cm³/mol. The maximum Gasteiger partial charge on any atom is 0.109 e. The van der Waals surface area contributed by atoms with E-state index in [1.807, 2.05) is 6.07 Å². The van der Waals surface area contributed by atoms with Crippen molar-refractivity contribution < 1.29 is 0 Å². The Bertz CT molecular complexity index is 532. The first kappa shape index (κ1) is 10.2. The van der Waals surface area contributed by atoms with Crippen molar-refractivity contribution in [2.45, 2.75) is 19.5 Å². The van der Waals surface area contributed by atoms with E-state index in [4.69, 9.17) is 0 Å². The molecule has 2 aromatic carbocycles. The fourth-order valence-electron chi connectivity index (χ4n) is 2.50. The molecule has 0 amide bonds. The molecule has 0 saturated carbocycles. The van der Waals surface area contributed by atoms with Crippen molar-refractivity contribution >= 4 is 17.1 Å². The highest BCUT2D eigenvalue weighted by Crippen LogP contribution is 2.44. The van der Waals surface area contributed by atoms with Crippen LogP contribution in [0.2, 0.25) is 0 Å². The van der Waals surface area contributed by atoms with Gasteiger partial charge in [0.1, 0.15) is 5.66 Å². The van der Waals surface area contributed by atoms with Crippen LogP contribution in [0.25, 0.3) is 0 Å². The van der Waals surface area contributed by atoms with Gasteiger partial charge < -0.3 is 10.2 Å². The summed E-state index contributed by atoms with van der Waals surface area (Å²) in [6.45, 7) is 4.39. The number of hydrogen-bond donors (Lipinski definition) is 1. The van der Waals surface area contributed by atoms with E-state index in [0.29, 0.717) is 0 Å². The lowest BCUT2D eigenvalue weighted by molar-refractivity contribution is 0.601. The molecule has 1 aliphatic rings. The van der Waals surface area contributed by atoms with Gasteiger partial charge in [0.2, 0.25) is 0 Å². The molecule has 3 rings (SSSR count). The van der Waals surface area contributed by atoms with Crippen molar-refractivity contribution in [3.05, 3.63) is 54.6 Å². The van der Waals surface area contributed by atoms with Gasteiger partial charge in [0.25, 0.3) is 0 Å². The van der Waals surface area contributed by atoms with Gasteiger partial charge in [-0.1, -0.05) is 30.3 Å². The molecule has 0 unspecified atom stereocenters. The van der Waals surface area contributed by atoms with Crippen molar-refractivity contribution in [2.75, 3.05) is 10.2 Å². The summed E-state index contributed by atoms with van der Waals surface area (Å²) in [4.78, 5) is 2.34. The lowest BCUT2D eigenvalue weighted by atomic mass is 10.1. The fourth-order valence-corrected chi connectivity index (χ4v) is 2.50. The third-order valence-corrected chi connectivity index (χ3v) is 3.16. The zero-order valence-corrected chi connectivity index (χ0v) is 10.1. The number of fused-ring (bicyclic) bond motifs is 1. The molecule has 0 saturated heterocycles. The standard InChI is InChI=1S/C15H16N2/c1-15(2)16-13-10-6-7-11-14(13)17(15)12-8-4-3-5-9-12/h3-11,16H,1-2H3. The highest BCUT2D eigenvalue weighted by molar-refractivity contribution is 5.83. The summed E-state index contributed by atoms with van der Waals surface area (Å²) in [5.74, 6) is 0. The normalized spacial score (nSPS) is 16.5. The minimum atomic E-state index is -0.0922. The monoisotopic (exact) mass is 224 g/mol. The van der Waals surface area contributed by atoms with Crippen molar-refractivity contribution in [1.29, 1.82) is 0 Å². The third kappa shape index (κ3) is 1.57. The Balaban J connectivity index is 2.15. The van der Waals surface area contributed by atoms with Gasteiger partial charge in [-0.05, 0) is 38.1 Å². The number of anilines is 3. The summed E-state index contributed by atoms with van der Waals surface area (Å²) < 4.78 is 0. The van der Waals surface area contributed by atoms with Crippen molar-refractivity contribution in [3.63, 3.8) is 0 Å². The lowest BCUT2D eigenvalue weighted by Crippen LogP contribution is -2.42. The SMILES string of the molecule is CC1(C)Nc2ccccc2N1c1ccccc1. The summed E-state index contributed by atoms with van der Waals surface area (Å²) in [7, 11) is 0. The van der Waals surface area contributed by atoms with Gasteiger partial charge in [0.15, 0.2) is 0 Å². The quantitative estimate of drug-likeness (QED) is 0.788. The molecular weight excluding hydrogens is 208 g/mol. The van der Waals surface area contributed by atoms with Crippen LogP contribution < -0.4 is 10.2 Å². The number of hydrogen-bond acceptors (Lipinski definition) is 2. The van der Waals surface area contributed by atoms with Crippen molar-refractivity contribution in [3.8, 4) is 0 Å². The molecule has 0 atom stereocenters. The van der Waals surface area contributed by atoms with Crippen LogP contribution in [-0.4, -0.2) is 5.66 Å². The van der Waals surface area contributed by atoms with Gasteiger partial charge in [-0.25, -0.2) is 0 Å². The first-order valence-electron chi connectivity index (χ1n) is 5.91. The molecule has 2 nitrogen and oxygen atoms in total. The van der Waals surface area contributed by atoms with Gasteiger partial charge in [0, 0.05) is 5.69 Å². The average Bonchev–Trinajstić information content (AvgIpc) is 2.60. The van der Waals surface area contributed by atoms with E-state index in [1.165, 1.54) is 17.1 Å². The number of para-hydroxylation sites is 3. The zero-order chi connectivity index (χ0) is 11.9. The second-order valence-corrected chi connectivity index (χ2v) is 4.87. The van der Waals surface area contributed by atoms with Crippen LogP contribution in [0.15, 0.2) is 54.6 Å².